The van der Waals surface area contributed by atoms with Crippen molar-refractivity contribution in [3.63, 3.8) is 0 Å². The standard InChI is InChI=1S/C12H19IN4O2SSi/c1-20(18)12-14-7-9-10(13)16-17(11(9)15-12)8-19-5-6-21(2,3)4/h7H,5-6,8H2,1-4H3. The zero-order valence-corrected chi connectivity index (χ0v) is 16.6. The van der Waals surface area contributed by atoms with Gasteiger partial charge in [0.2, 0.25) is 5.16 Å². The third-order valence-corrected chi connectivity index (χ3v) is 6.10. The number of nitrogens with zero attached hydrogens (tertiary/aromatic N) is 4. The summed E-state index contributed by atoms with van der Waals surface area (Å²) in [7, 11) is -2.29. The van der Waals surface area contributed by atoms with E-state index in [1.54, 1.807) is 17.1 Å². The first-order valence-corrected chi connectivity index (χ1v) is 12.9. The number of halogens is 1. The van der Waals surface area contributed by atoms with Gasteiger partial charge in [0.05, 0.1) is 16.2 Å². The van der Waals surface area contributed by atoms with Crippen LogP contribution in [0.5, 0.6) is 0 Å². The van der Waals surface area contributed by atoms with E-state index in [0.717, 1.165) is 21.7 Å². The van der Waals surface area contributed by atoms with Crippen molar-refractivity contribution in [2.45, 2.75) is 37.6 Å². The van der Waals surface area contributed by atoms with Crippen molar-refractivity contribution in [3.8, 4) is 0 Å². The van der Waals surface area contributed by atoms with Crippen LogP contribution in [-0.2, 0) is 22.3 Å². The summed E-state index contributed by atoms with van der Waals surface area (Å²) in [5.74, 6) is 0. The molecule has 9 heteroatoms. The molecule has 0 aromatic carbocycles. The van der Waals surface area contributed by atoms with Crippen molar-refractivity contribution >= 4 is 52.5 Å². The van der Waals surface area contributed by atoms with Gasteiger partial charge in [0.25, 0.3) is 0 Å². The number of hydrogen-bond donors (Lipinski definition) is 0. The predicted octanol–water partition coefficient (Wildman–Crippen LogP) is 2.48. The molecule has 2 rings (SSSR count). The van der Waals surface area contributed by atoms with Gasteiger partial charge >= 0.3 is 0 Å². The largest absolute Gasteiger partial charge is 0.359 e. The van der Waals surface area contributed by atoms with Crippen LogP contribution in [0.1, 0.15) is 0 Å². The first kappa shape index (κ1) is 17.0. The minimum absolute atomic E-state index is 0.321. The van der Waals surface area contributed by atoms with Gasteiger partial charge in [-0.25, -0.2) is 14.6 Å². The highest BCUT2D eigenvalue weighted by molar-refractivity contribution is 14.1. The summed E-state index contributed by atoms with van der Waals surface area (Å²) in [5, 5.41) is 5.59. The van der Waals surface area contributed by atoms with Crippen LogP contribution in [0.4, 0.5) is 0 Å². The molecule has 0 spiro atoms. The van der Waals surface area contributed by atoms with E-state index >= 15 is 0 Å². The summed E-state index contributed by atoms with van der Waals surface area (Å²) < 4.78 is 19.8. The van der Waals surface area contributed by atoms with Crippen LogP contribution in [0.3, 0.4) is 0 Å². The number of ether oxygens (including phenoxy) is 1. The van der Waals surface area contributed by atoms with Crippen LogP contribution < -0.4 is 0 Å². The second kappa shape index (κ2) is 6.80. The number of fused-ring (bicyclic) bond motifs is 1. The summed E-state index contributed by atoms with van der Waals surface area (Å²) in [6.45, 7) is 8.04. The van der Waals surface area contributed by atoms with Crippen molar-refractivity contribution in [1.82, 2.24) is 19.7 Å². The Kier molecular flexibility index (Phi) is 5.49. The van der Waals surface area contributed by atoms with E-state index in [9.17, 15) is 4.21 Å². The van der Waals surface area contributed by atoms with Gasteiger partial charge < -0.3 is 4.74 Å². The fourth-order valence-electron chi connectivity index (χ4n) is 1.66. The molecular formula is C12H19IN4O2SSi. The summed E-state index contributed by atoms with van der Waals surface area (Å²) in [4.78, 5) is 8.44. The summed E-state index contributed by atoms with van der Waals surface area (Å²) >= 11 is 2.15. The molecule has 0 saturated carbocycles. The molecule has 0 N–H and O–H groups in total. The Balaban J connectivity index is 2.15. The molecule has 21 heavy (non-hydrogen) atoms. The Labute approximate surface area is 141 Å². The lowest BCUT2D eigenvalue weighted by atomic mass is 10.4. The first-order valence-electron chi connectivity index (χ1n) is 6.58. The van der Waals surface area contributed by atoms with E-state index in [1.165, 1.54) is 0 Å². The van der Waals surface area contributed by atoms with E-state index in [1.807, 2.05) is 0 Å². The van der Waals surface area contributed by atoms with E-state index in [0.29, 0.717) is 17.5 Å². The molecule has 1 atom stereocenters. The minimum Gasteiger partial charge on any atom is -0.359 e. The Morgan fingerprint density at radius 2 is 2.14 bits per heavy atom. The third kappa shape index (κ3) is 4.54. The van der Waals surface area contributed by atoms with Gasteiger partial charge in [0.1, 0.15) is 10.4 Å². The van der Waals surface area contributed by atoms with E-state index in [2.05, 4.69) is 57.3 Å². The molecule has 0 amide bonds. The van der Waals surface area contributed by atoms with Crippen LogP contribution in [-0.4, -0.2) is 44.9 Å². The Morgan fingerprint density at radius 1 is 1.43 bits per heavy atom. The lowest BCUT2D eigenvalue weighted by molar-refractivity contribution is 0.0809. The molecule has 116 valence electrons. The fraction of sp³-hybridized carbons (Fsp3) is 0.583. The summed E-state index contributed by atoms with van der Waals surface area (Å²) in [5.41, 5.74) is 0.674. The van der Waals surface area contributed by atoms with Gasteiger partial charge in [0.15, 0.2) is 5.65 Å². The maximum atomic E-state index is 11.5. The summed E-state index contributed by atoms with van der Waals surface area (Å²) in [6.07, 6.45) is 3.24. The fourth-order valence-corrected chi connectivity index (χ4v) is 3.48. The molecule has 0 aliphatic heterocycles. The molecule has 0 fully saturated rings. The van der Waals surface area contributed by atoms with Crippen molar-refractivity contribution in [3.05, 3.63) is 9.90 Å². The molecule has 1 unspecified atom stereocenters. The van der Waals surface area contributed by atoms with E-state index < -0.39 is 18.9 Å². The Bertz CT molecular complexity index is 671. The molecule has 0 radical (unpaired) electrons. The number of rotatable bonds is 6. The second-order valence-electron chi connectivity index (χ2n) is 5.98. The van der Waals surface area contributed by atoms with Gasteiger partial charge in [-0.3, -0.25) is 4.21 Å². The lowest BCUT2D eigenvalue weighted by Gasteiger charge is -2.15. The first-order chi connectivity index (χ1) is 9.78. The van der Waals surface area contributed by atoms with Crippen molar-refractivity contribution < 1.29 is 8.95 Å². The molecule has 6 nitrogen and oxygen atoms in total. The zero-order chi connectivity index (χ0) is 15.6. The van der Waals surface area contributed by atoms with Gasteiger partial charge in [-0.2, -0.15) is 5.10 Å². The van der Waals surface area contributed by atoms with E-state index in [-0.39, 0.29) is 0 Å². The van der Waals surface area contributed by atoms with Crippen LogP contribution in [0, 0.1) is 3.70 Å². The van der Waals surface area contributed by atoms with Crippen molar-refractivity contribution in [2.24, 2.45) is 0 Å². The molecule has 0 bridgehead atoms. The van der Waals surface area contributed by atoms with Gasteiger partial charge in [-0.05, 0) is 28.6 Å². The maximum absolute atomic E-state index is 11.5. The van der Waals surface area contributed by atoms with Gasteiger partial charge in [0, 0.05) is 27.1 Å². The quantitative estimate of drug-likeness (QED) is 0.300. The monoisotopic (exact) mass is 438 g/mol. The molecular weight excluding hydrogens is 419 g/mol. The van der Waals surface area contributed by atoms with Gasteiger partial charge in [-0.15, -0.1) is 0 Å². The highest BCUT2D eigenvalue weighted by Crippen LogP contribution is 2.18. The molecule has 0 aliphatic carbocycles. The second-order valence-corrected chi connectivity index (χ2v) is 13.9. The van der Waals surface area contributed by atoms with Crippen LogP contribution >= 0.6 is 22.6 Å². The molecule has 2 heterocycles. The van der Waals surface area contributed by atoms with Crippen molar-refractivity contribution in [1.29, 1.82) is 0 Å². The number of aromatic nitrogens is 4. The smallest absolute Gasteiger partial charge is 0.220 e. The molecule has 2 aromatic heterocycles. The third-order valence-electron chi connectivity index (χ3n) is 2.89. The average molecular weight is 438 g/mol. The lowest BCUT2D eigenvalue weighted by Crippen LogP contribution is -2.22. The summed E-state index contributed by atoms with van der Waals surface area (Å²) in [6, 6.07) is 1.11. The van der Waals surface area contributed by atoms with Crippen LogP contribution in [0.15, 0.2) is 11.4 Å². The molecule has 0 aliphatic rings. The molecule has 0 saturated heterocycles. The Hall–Kier alpha value is -0.393. The minimum atomic E-state index is -1.20. The highest BCUT2D eigenvalue weighted by Gasteiger charge is 2.15. The SMILES string of the molecule is CS(=O)c1ncc2c(I)nn(COCC[Si](C)(C)C)c2n1. The highest BCUT2D eigenvalue weighted by atomic mass is 127. The topological polar surface area (TPSA) is 69.9 Å². The predicted molar refractivity (Wildman–Crippen MR) is 94.5 cm³/mol. The Morgan fingerprint density at radius 3 is 2.76 bits per heavy atom. The number of hydrogen-bond acceptors (Lipinski definition) is 5. The van der Waals surface area contributed by atoms with Crippen LogP contribution in [0.2, 0.25) is 25.7 Å². The normalized spacial score (nSPS) is 13.8. The van der Waals surface area contributed by atoms with E-state index in [4.69, 9.17) is 4.74 Å². The maximum Gasteiger partial charge on any atom is 0.220 e. The van der Waals surface area contributed by atoms with Crippen LogP contribution in [0.25, 0.3) is 11.0 Å². The van der Waals surface area contributed by atoms with Crippen molar-refractivity contribution in [2.75, 3.05) is 12.9 Å². The van der Waals surface area contributed by atoms with Gasteiger partial charge in [-0.1, -0.05) is 19.6 Å². The zero-order valence-electron chi connectivity index (χ0n) is 12.6. The molecule has 2 aromatic rings. The average Bonchev–Trinajstić information content (AvgIpc) is 2.70.